The van der Waals surface area contributed by atoms with Gasteiger partial charge in [-0.1, -0.05) is 42.2 Å². The Morgan fingerprint density at radius 1 is 0.884 bits per heavy atom. The van der Waals surface area contributed by atoms with Crippen molar-refractivity contribution in [3.8, 4) is 23.1 Å². The SMILES string of the molecule is CN(C)C(=O)Nc1cccc(C#Cc2cccc(-c3c4cccc(C(F)(F)F)c4nn3Cc3c(F)cc(F)cc3F)c2)c1. The van der Waals surface area contributed by atoms with Gasteiger partial charge in [0.25, 0.3) is 0 Å². The Morgan fingerprint density at radius 2 is 1.51 bits per heavy atom. The van der Waals surface area contributed by atoms with Crippen LogP contribution in [0.4, 0.5) is 36.8 Å². The van der Waals surface area contributed by atoms with Gasteiger partial charge in [-0.05, 0) is 36.4 Å². The van der Waals surface area contributed by atoms with Crippen LogP contribution in [0, 0.1) is 29.3 Å². The van der Waals surface area contributed by atoms with Crippen LogP contribution in [0.1, 0.15) is 22.3 Å². The molecular formula is C32H22F6N4O. The summed E-state index contributed by atoms with van der Waals surface area (Å²) in [6.45, 7) is -0.597. The van der Waals surface area contributed by atoms with Crippen LogP contribution in [-0.4, -0.2) is 34.8 Å². The zero-order valence-corrected chi connectivity index (χ0v) is 22.7. The molecule has 5 aromatic rings. The molecule has 218 valence electrons. The highest BCUT2D eigenvalue weighted by atomic mass is 19.4. The first-order valence-corrected chi connectivity index (χ1v) is 12.8. The van der Waals surface area contributed by atoms with Crippen molar-refractivity contribution in [2.24, 2.45) is 0 Å². The molecule has 0 unspecified atom stereocenters. The number of anilines is 1. The summed E-state index contributed by atoms with van der Waals surface area (Å²) in [6.07, 6.45) is -4.74. The highest BCUT2D eigenvalue weighted by Crippen LogP contribution is 2.38. The minimum atomic E-state index is -4.74. The number of halogens is 6. The number of amides is 2. The lowest BCUT2D eigenvalue weighted by Crippen LogP contribution is -2.27. The fourth-order valence-corrected chi connectivity index (χ4v) is 4.47. The third-order valence-electron chi connectivity index (χ3n) is 6.50. The largest absolute Gasteiger partial charge is 0.418 e. The lowest BCUT2D eigenvalue weighted by molar-refractivity contribution is -0.136. The molecular weight excluding hydrogens is 570 g/mol. The Hall–Kier alpha value is -5.24. The molecule has 0 atom stereocenters. The molecule has 0 saturated heterocycles. The van der Waals surface area contributed by atoms with Crippen LogP contribution in [-0.2, 0) is 12.7 Å². The Kier molecular flexibility index (Phi) is 7.87. The maximum absolute atomic E-state index is 14.6. The van der Waals surface area contributed by atoms with Crippen molar-refractivity contribution in [1.82, 2.24) is 14.7 Å². The fraction of sp³-hybridized carbons (Fsp3) is 0.125. The third kappa shape index (κ3) is 6.33. The molecule has 0 bridgehead atoms. The fourth-order valence-electron chi connectivity index (χ4n) is 4.47. The summed E-state index contributed by atoms with van der Waals surface area (Å²) in [5.74, 6) is 2.49. The van der Waals surface area contributed by atoms with Crippen LogP contribution in [0.15, 0.2) is 78.9 Å². The first-order chi connectivity index (χ1) is 20.4. The molecule has 5 nitrogen and oxygen atoms in total. The highest BCUT2D eigenvalue weighted by molar-refractivity contribution is 5.95. The van der Waals surface area contributed by atoms with Gasteiger partial charge in [0.1, 0.15) is 23.0 Å². The van der Waals surface area contributed by atoms with E-state index in [-0.39, 0.29) is 17.1 Å². The van der Waals surface area contributed by atoms with Crippen LogP contribution in [0.5, 0.6) is 0 Å². The number of urea groups is 1. The van der Waals surface area contributed by atoms with E-state index in [1.165, 1.54) is 17.0 Å². The zero-order chi connectivity index (χ0) is 30.9. The van der Waals surface area contributed by atoms with Gasteiger partial charge >= 0.3 is 12.2 Å². The molecule has 0 radical (unpaired) electrons. The molecule has 2 amide bonds. The second kappa shape index (κ2) is 11.6. The van der Waals surface area contributed by atoms with Gasteiger partial charge in [0.05, 0.1) is 17.8 Å². The summed E-state index contributed by atoms with van der Waals surface area (Å²) in [5.41, 5.74) is 0.214. The van der Waals surface area contributed by atoms with Gasteiger partial charge in [0.2, 0.25) is 0 Å². The van der Waals surface area contributed by atoms with Crippen LogP contribution in [0.25, 0.3) is 22.2 Å². The summed E-state index contributed by atoms with van der Waals surface area (Å²) < 4.78 is 85.4. The molecule has 0 aliphatic rings. The zero-order valence-electron chi connectivity index (χ0n) is 22.7. The van der Waals surface area contributed by atoms with Gasteiger partial charge in [-0.2, -0.15) is 18.3 Å². The molecule has 0 fully saturated rings. The van der Waals surface area contributed by atoms with Crippen molar-refractivity contribution in [2.75, 3.05) is 19.4 Å². The number of hydrogen-bond acceptors (Lipinski definition) is 2. The van der Waals surface area contributed by atoms with Crippen molar-refractivity contribution in [1.29, 1.82) is 0 Å². The Bertz CT molecular complexity index is 1890. The molecule has 1 N–H and O–H groups in total. The van der Waals surface area contributed by atoms with Gasteiger partial charge in [-0.25, -0.2) is 18.0 Å². The second-order valence-corrected chi connectivity index (χ2v) is 9.79. The number of nitrogens with zero attached hydrogens (tertiary/aromatic N) is 3. The molecule has 43 heavy (non-hydrogen) atoms. The molecule has 1 aromatic heterocycles. The van der Waals surface area contributed by atoms with Crippen molar-refractivity contribution >= 4 is 22.6 Å². The van der Waals surface area contributed by atoms with E-state index in [1.54, 1.807) is 62.6 Å². The Labute approximate surface area is 242 Å². The molecule has 11 heteroatoms. The Balaban J connectivity index is 1.59. The van der Waals surface area contributed by atoms with E-state index in [0.29, 0.717) is 34.5 Å². The molecule has 0 aliphatic heterocycles. The smallest absolute Gasteiger partial charge is 0.331 e. The number of fused-ring (bicyclic) bond motifs is 1. The monoisotopic (exact) mass is 592 g/mol. The van der Waals surface area contributed by atoms with Crippen LogP contribution < -0.4 is 5.32 Å². The van der Waals surface area contributed by atoms with Gasteiger partial charge in [-0.15, -0.1) is 0 Å². The molecule has 0 saturated carbocycles. The average Bonchev–Trinajstić information content (AvgIpc) is 3.31. The quantitative estimate of drug-likeness (QED) is 0.172. The summed E-state index contributed by atoms with van der Waals surface area (Å²) in [4.78, 5) is 13.4. The molecule has 0 spiro atoms. The van der Waals surface area contributed by atoms with Crippen molar-refractivity contribution in [3.05, 3.63) is 119 Å². The minimum absolute atomic E-state index is 0.104. The Morgan fingerprint density at radius 3 is 2.16 bits per heavy atom. The summed E-state index contributed by atoms with van der Waals surface area (Å²) >= 11 is 0. The predicted molar refractivity (Wildman–Crippen MR) is 151 cm³/mol. The highest BCUT2D eigenvalue weighted by Gasteiger charge is 2.34. The van der Waals surface area contributed by atoms with E-state index in [0.717, 1.165) is 10.7 Å². The van der Waals surface area contributed by atoms with E-state index in [1.807, 2.05) is 0 Å². The normalized spacial score (nSPS) is 11.3. The maximum atomic E-state index is 14.6. The molecule has 4 aromatic carbocycles. The van der Waals surface area contributed by atoms with Gasteiger partial charge < -0.3 is 10.2 Å². The van der Waals surface area contributed by atoms with Crippen LogP contribution in [0.3, 0.4) is 0 Å². The van der Waals surface area contributed by atoms with E-state index < -0.39 is 46.8 Å². The summed E-state index contributed by atoms with van der Waals surface area (Å²) in [6, 6.07) is 17.7. The number of benzene rings is 4. The van der Waals surface area contributed by atoms with E-state index >= 15 is 0 Å². The predicted octanol–water partition coefficient (Wildman–Crippen LogP) is 7.68. The molecule has 5 rings (SSSR count). The van der Waals surface area contributed by atoms with Crippen LogP contribution in [0.2, 0.25) is 0 Å². The van der Waals surface area contributed by atoms with E-state index in [4.69, 9.17) is 0 Å². The minimum Gasteiger partial charge on any atom is -0.331 e. The first-order valence-electron chi connectivity index (χ1n) is 12.8. The number of carbonyl (C=O) groups is 1. The summed E-state index contributed by atoms with van der Waals surface area (Å²) in [5, 5.41) is 6.96. The van der Waals surface area contributed by atoms with Crippen molar-refractivity contribution in [2.45, 2.75) is 12.7 Å². The lowest BCUT2D eigenvalue weighted by Gasteiger charge is -2.11. The molecule has 1 heterocycles. The number of hydrogen-bond donors (Lipinski definition) is 1. The third-order valence-corrected chi connectivity index (χ3v) is 6.50. The number of alkyl halides is 3. The molecule has 0 aliphatic carbocycles. The number of aromatic nitrogens is 2. The van der Waals surface area contributed by atoms with E-state index in [9.17, 15) is 31.1 Å². The summed E-state index contributed by atoms with van der Waals surface area (Å²) in [7, 11) is 3.22. The second-order valence-electron chi connectivity index (χ2n) is 9.79. The van der Waals surface area contributed by atoms with Gasteiger partial charge in [0.15, 0.2) is 0 Å². The topological polar surface area (TPSA) is 50.2 Å². The van der Waals surface area contributed by atoms with Gasteiger partial charge in [0, 0.05) is 59.6 Å². The number of carbonyl (C=O) groups excluding carboxylic acids is 1. The van der Waals surface area contributed by atoms with Crippen molar-refractivity contribution < 1.29 is 31.1 Å². The average molecular weight is 593 g/mol. The number of nitrogens with one attached hydrogen (secondary N) is 1. The van der Waals surface area contributed by atoms with Crippen molar-refractivity contribution in [3.63, 3.8) is 0 Å². The van der Waals surface area contributed by atoms with E-state index in [2.05, 4.69) is 22.3 Å². The van der Waals surface area contributed by atoms with Gasteiger partial charge in [-0.3, -0.25) is 4.68 Å². The van der Waals surface area contributed by atoms with Crippen LogP contribution >= 0.6 is 0 Å². The standard InChI is InChI=1S/C32H22F6N4O/c1-41(2)31(43)39-23-9-4-7-20(15-23)13-12-19-6-3-8-21(14-19)30-24-10-5-11-26(32(36,37)38)29(24)40-42(30)18-25-27(34)16-22(33)17-28(25)35/h3-11,14-17H,18H2,1-2H3,(H,39,43). The lowest BCUT2D eigenvalue weighted by atomic mass is 10.0. The number of rotatable bonds is 4. The first kappa shape index (κ1) is 29.3. The maximum Gasteiger partial charge on any atom is 0.418 e.